The van der Waals surface area contributed by atoms with Crippen LogP contribution in [0.3, 0.4) is 0 Å². The highest BCUT2D eigenvalue weighted by atomic mass is 79.9. The minimum absolute atomic E-state index is 0.226. The summed E-state index contributed by atoms with van der Waals surface area (Å²) in [5.74, 6) is 0.267. The number of alkyl halides is 1. The smallest absolute Gasteiger partial charge is 0.141 e. The molecule has 1 aromatic heterocycles. The molecule has 1 saturated carbocycles. The van der Waals surface area contributed by atoms with Crippen LogP contribution in [0.15, 0.2) is 18.5 Å². The first-order valence-corrected chi connectivity index (χ1v) is 5.42. The van der Waals surface area contributed by atoms with Crippen LogP contribution in [0.4, 0.5) is 4.39 Å². The third kappa shape index (κ3) is 2.08. The topological polar surface area (TPSA) is 12.9 Å². The van der Waals surface area contributed by atoms with Gasteiger partial charge in [0.25, 0.3) is 0 Å². The Kier molecular flexibility index (Phi) is 2.63. The molecule has 1 nitrogen and oxygen atoms in total. The quantitative estimate of drug-likeness (QED) is 0.691. The van der Waals surface area contributed by atoms with Crippen molar-refractivity contribution in [2.24, 2.45) is 0 Å². The van der Waals surface area contributed by atoms with E-state index in [1.807, 2.05) is 0 Å². The van der Waals surface area contributed by atoms with E-state index in [1.54, 1.807) is 12.3 Å². The molecule has 0 aliphatic heterocycles. The number of rotatable bonds is 1. The average molecular weight is 244 g/mol. The summed E-state index contributed by atoms with van der Waals surface area (Å²) in [4.78, 5) is 4.46. The molecule has 1 aromatic rings. The first-order valence-electron chi connectivity index (χ1n) is 4.50. The molecule has 0 radical (unpaired) electrons. The van der Waals surface area contributed by atoms with Gasteiger partial charge in [0.05, 0.1) is 6.20 Å². The Morgan fingerprint density at radius 1 is 1.38 bits per heavy atom. The van der Waals surface area contributed by atoms with Gasteiger partial charge in [0.2, 0.25) is 0 Å². The fourth-order valence-electron chi connectivity index (χ4n) is 1.88. The highest BCUT2D eigenvalue weighted by Crippen LogP contribution is 2.37. The summed E-state index contributed by atoms with van der Waals surface area (Å²) < 4.78 is 12.8. The molecule has 0 N–H and O–H groups in total. The highest BCUT2D eigenvalue weighted by Gasteiger charge is 2.24. The van der Waals surface area contributed by atoms with Crippen molar-refractivity contribution in [3.63, 3.8) is 0 Å². The Hall–Kier alpha value is -0.440. The lowest BCUT2D eigenvalue weighted by Gasteiger charge is -2.08. The van der Waals surface area contributed by atoms with Crippen LogP contribution in [-0.4, -0.2) is 9.81 Å². The molecular weight excluding hydrogens is 233 g/mol. The van der Waals surface area contributed by atoms with Crippen LogP contribution in [-0.2, 0) is 0 Å². The summed E-state index contributed by atoms with van der Waals surface area (Å²) in [5.41, 5.74) is 1.04. The largest absolute Gasteiger partial charge is 0.261 e. The Labute approximate surface area is 85.5 Å². The molecule has 0 bridgehead atoms. The molecule has 0 amide bonds. The molecule has 2 rings (SSSR count). The maximum absolute atomic E-state index is 12.8. The van der Waals surface area contributed by atoms with E-state index in [4.69, 9.17) is 0 Å². The molecule has 3 heteroatoms. The van der Waals surface area contributed by atoms with E-state index in [2.05, 4.69) is 20.9 Å². The van der Waals surface area contributed by atoms with Gasteiger partial charge >= 0.3 is 0 Å². The van der Waals surface area contributed by atoms with E-state index in [0.29, 0.717) is 10.7 Å². The Bertz CT molecular complexity index is 303. The van der Waals surface area contributed by atoms with Gasteiger partial charge in [0.15, 0.2) is 0 Å². The monoisotopic (exact) mass is 243 g/mol. The van der Waals surface area contributed by atoms with Gasteiger partial charge in [-0.2, -0.15) is 0 Å². The van der Waals surface area contributed by atoms with E-state index in [9.17, 15) is 4.39 Å². The van der Waals surface area contributed by atoms with E-state index in [0.717, 1.165) is 18.4 Å². The third-order valence-corrected chi connectivity index (χ3v) is 3.40. The summed E-state index contributed by atoms with van der Waals surface area (Å²) in [6.07, 6.45) is 6.45. The normalized spacial score (nSPS) is 27.8. The lowest BCUT2D eigenvalue weighted by atomic mass is 10.00. The summed E-state index contributed by atoms with van der Waals surface area (Å²) in [6.45, 7) is 0. The second-order valence-corrected chi connectivity index (χ2v) is 4.84. The van der Waals surface area contributed by atoms with Crippen LogP contribution in [0.1, 0.15) is 30.7 Å². The second-order valence-electron chi connectivity index (χ2n) is 3.54. The van der Waals surface area contributed by atoms with Crippen LogP contribution < -0.4 is 0 Å². The van der Waals surface area contributed by atoms with Gasteiger partial charge in [-0.1, -0.05) is 15.9 Å². The molecule has 1 aliphatic carbocycles. The van der Waals surface area contributed by atoms with E-state index in [-0.39, 0.29) is 5.82 Å². The molecule has 0 saturated heterocycles. The summed E-state index contributed by atoms with van der Waals surface area (Å²) in [5, 5.41) is 0. The van der Waals surface area contributed by atoms with E-state index in [1.165, 1.54) is 12.6 Å². The average Bonchev–Trinajstić information content (AvgIpc) is 2.52. The first-order chi connectivity index (χ1) is 6.25. The maximum Gasteiger partial charge on any atom is 0.141 e. The van der Waals surface area contributed by atoms with Crippen LogP contribution in [0.5, 0.6) is 0 Å². The van der Waals surface area contributed by atoms with Gasteiger partial charge in [-0.05, 0) is 36.8 Å². The lowest BCUT2D eigenvalue weighted by Crippen LogP contribution is -1.95. The molecule has 1 heterocycles. The zero-order chi connectivity index (χ0) is 9.26. The molecule has 70 valence electrons. The van der Waals surface area contributed by atoms with Crippen molar-refractivity contribution in [1.29, 1.82) is 0 Å². The Balaban J connectivity index is 2.16. The number of hydrogen-bond acceptors (Lipinski definition) is 1. The zero-order valence-electron chi connectivity index (χ0n) is 7.21. The predicted molar refractivity (Wildman–Crippen MR) is 53.5 cm³/mol. The fraction of sp³-hybridized carbons (Fsp3) is 0.500. The van der Waals surface area contributed by atoms with Crippen molar-refractivity contribution in [3.8, 4) is 0 Å². The molecule has 0 aromatic carbocycles. The molecular formula is C10H11BrFN. The van der Waals surface area contributed by atoms with Crippen molar-refractivity contribution in [2.45, 2.75) is 30.0 Å². The number of nitrogens with zero attached hydrogens (tertiary/aromatic N) is 1. The van der Waals surface area contributed by atoms with Crippen molar-refractivity contribution >= 4 is 15.9 Å². The zero-order valence-corrected chi connectivity index (χ0v) is 8.80. The van der Waals surface area contributed by atoms with Gasteiger partial charge in [-0.15, -0.1) is 0 Å². The molecule has 13 heavy (non-hydrogen) atoms. The third-order valence-electron chi connectivity index (χ3n) is 2.57. The lowest BCUT2D eigenvalue weighted by molar-refractivity contribution is 0.611. The van der Waals surface area contributed by atoms with E-state index < -0.39 is 0 Å². The van der Waals surface area contributed by atoms with Gasteiger partial charge < -0.3 is 0 Å². The van der Waals surface area contributed by atoms with Crippen LogP contribution in [0.2, 0.25) is 0 Å². The minimum Gasteiger partial charge on any atom is -0.261 e. The SMILES string of the molecule is Fc1cncc(C2CCC(Br)C2)c1. The summed E-state index contributed by atoms with van der Waals surface area (Å²) in [7, 11) is 0. The van der Waals surface area contributed by atoms with Crippen LogP contribution in [0, 0.1) is 5.82 Å². The molecule has 2 unspecified atom stereocenters. The van der Waals surface area contributed by atoms with Gasteiger partial charge in [0, 0.05) is 11.0 Å². The Morgan fingerprint density at radius 3 is 2.85 bits per heavy atom. The van der Waals surface area contributed by atoms with Gasteiger partial charge in [-0.25, -0.2) is 4.39 Å². The number of hydrogen-bond donors (Lipinski definition) is 0. The van der Waals surface area contributed by atoms with Crippen molar-refractivity contribution in [2.75, 3.05) is 0 Å². The van der Waals surface area contributed by atoms with Crippen LogP contribution >= 0.6 is 15.9 Å². The maximum atomic E-state index is 12.8. The molecule has 2 atom stereocenters. The summed E-state index contributed by atoms with van der Waals surface area (Å²) >= 11 is 3.58. The number of pyridine rings is 1. The Morgan fingerprint density at radius 2 is 2.23 bits per heavy atom. The van der Waals surface area contributed by atoms with Crippen molar-refractivity contribution < 1.29 is 4.39 Å². The number of halogens is 2. The fourth-order valence-corrected chi connectivity index (χ4v) is 2.60. The number of aromatic nitrogens is 1. The molecule has 1 aliphatic rings. The van der Waals surface area contributed by atoms with E-state index >= 15 is 0 Å². The standard InChI is InChI=1S/C10H11BrFN/c11-9-2-1-7(3-9)8-4-10(12)6-13-5-8/h4-7,9H,1-3H2. The highest BCUT2D eigenvalue weighted by molar-refractivity contribution is 9.09. The molecule has 0 spiro atoms. The van der Waals surface area contributed by atoms with Gasteiger partial charge in [-0.3, -0.25) is 4.98 Å². The first kappa shape index (κ1) is 9.13. The predicted octanol–water partition coefficient (Wildman–Crippen LogP) is 3.25. The van der Waals surface area contributed by atoms with Gasteiger partial charge in [0.1, 0.15) is 5.82 Å². The van der Waals surface area contributed by atoms with Crippen molar-refractivity contribution in [3.05, 3.63) is 29.8 Å². The van der Waals surface area contributed by atoms with Crippen LogP contribution in [0.25, 0.3) is 0 Å². The van der Waals surface area contributed by atoms with Crippen molar-refractivity contribution in [1.82, 2.24) is 4.98 Å². The second kappa shape index (κ2) is 3.74. The minimum atomic E-state index is -0.226. The molecule has 1 fully saturated rings. The summed E-state index contributed by atoms with van der Waals surface area (Å²) in [6, 6.07) is 1.60.